The number of halogens is 2. The first kappa shape index (κ1) is 13.8. The second-order valence-electron chi connectivity index (χ2n) is 3.85. The molecule has 0 bridgehead atoms. The summed E-state index contributed by atoms with van der Waals surface area (Å²) in [7, 11) is 1.71. The smallest absolute Gasteiger partial charge is 0.0933 e. The normalized spacial score (nSPS) is 10.8. The Bertz CT molecular complexity index is 527. The predicted octanol–water partition coefficient (Wildman–Crippen LogP) is 4.70. The summed E-state index contributed by atoms with van der Waals surface area (Å²) >= 11 is 13.6. The van der Waals surface area contributed by atoms with Gasteiger partial charge in [0.25, 0.3) is 0 Å². The van der Waals surface area contributed by atoms with E-state index in [4.69, 9.17) is 27.9 Å². The van der Waals surface area contributed by atoms with Crippen molar-refractivity contribution in [3.63, 3.8) is 0 Å². The zero-order valence-corrected chi connectivity index (χ0v) is 12.3. The highest BCUT2D eigenvalue weighted by atomic mass is 35.5. The van der Waals surface area contributed by atoms with Gasteiger partial charge in [0.15, 0.2) is 0 Å². The van der Waals surface area contributed by atoms with Crippen LogP contribution in [0.3, 0.4) is 0 Å². The Morgan fingerprint density at radius 1 is 1.28 bits per heavy atom. The third-order valence-corrected chi connectivity index (χ3v) is 4.15. The molecule has 18 heavy (non-hydrogen) atoms. The molecule has 2 nitrogen and oxygen atoms in total. The van der Waals surface area contributed by atoms with Crippen molar-refractivity contribution < 1.29 is 4.74 Å². The van der Waals surface area contributed by atoms with Crippen molar-refractivity contribution in [2.24, 2.45) is 0 Å². The number of benzene rings is 1. The number of hydrogen-bond acceptors (Lipinski definition) is 3. The second kappa shape index (κ2) is 6.53. The lowest BCUT2D eigenvalue weighted by atomic mass is 10.2. The Morgan fingerprint density at radius 3 is 2.83 bits per heavy atom. The highest BCUT2D eigenvalue weighted by molar-refractivity contribution is 7.09. The molecule has 0 unspecified atom stereocenters. The van der Waals surface area contributed by atoms with Crippen LogP contribution in [0.4, 0.5) is 0 Å². The molecule has 1 aromatic heterocycles. The Morgan fingerprint density at radius 2 is 2.11 bits per heavy atom. The molecule has 2 rings (SSSR count). The molecule has 0 saturated heterocycles. The summed E-state index contributed by atoms with van der Waals surface area (Å²) in [6.45, 7) is 0.766. The fraction of sp³-hybridized carbons (Fsp3) is 0.308. The van der Waals surface area contributed by atoms with Gasteiger partial charge in [0.2, 0.25) is 0 Å². The van der Waals surface area contributed by atoms with E-state index in [9.17, 15) is 0 Å². The summed E-state index contributed by atoms with van der Waals surface area (Å²) in [5.74, 6) is 0. The van der Waals surface area contributed by atoms with Gasteiger partial charge in [0, 0.05) is 31.1 Å². The Kier molecular flexibility index (Phi) is 5.01. The van der Waals surface area contributed by atoms with E-state index >= 15 is 0 Å². The van der Waals surface area contributed by atoms with E-state index in [1.54, 1.807) is 24.5 Å². The molecule has 1 aromatic carbocycles. The van der Waals surface area contributed by atoms with E-state index in [1.165, 1.54) is 0 Å². The molecule has 2 aromatic rings. The van der Waals surface area contributed by atoms with Crippen LogP contribution in [0.2, 0.25) is 10.0 Å². The fourth-order valence-electron chi connectivity index (χ4n) is 1.58. The van der Waals surface area contributed by atoms with Crippen LogP contribution in [0.5, 0.6) is 0 Å². The molecule has 0 atom stereocenters. The van der Waals surface area contributed by atoms with Gasteiger partial charge >= 0.3 is 0 Å². The van der Waals surface area contributed by atoms with Gasteiger partial charge in [0.1, 0.15) is 0 Å². The molecule has 0 fully saturated rings. The Hall–Kier alpha value is -0.610. The molecule has 0 spiro atoms. The van der Waals surface area contributed by atoms with Gasteiger partial charge in [-0.15, -0.1) is 11.3 Å². The van der Waals surface area contributed by atoms with Gasteiger partial charge < -0.3 is 4.74 Å². The fourth-order valence-corrected chi connectivity index (χ4v) is 2.73. The monoisotopic (exact) mass is 301 g/mol. The third kappa shape index (κ3) is 3.45. The lowest BCUT2D eigenvalue weighted by Crippen LogP contribution is -1.92. The van der Waals surface area contributed by atoms with Crippen LogP contribution in [0.25, 0.3) is 11.3 Å². The number of thiazole rings is 1. The summed E-state index contributed by atoms with van der Waals surface area (Å²) in [6.07, 6.45) is 1.94. The van der Waals surface area contributed by atoms with Crippen molar-refractivity contribution in [3.8, 4) is 11.3 Å². The second-order valence-corrected chi connectivity index (χ2v) is 5.61. The molecule has 1 heterocycles. The van der Waals surface area contributed by atoms with Crippen molar-refractivity contribution in [2.45, 2.75) is 12.8 Å². The largest absolute Gasteiger partial charge is 0.385 e. The quantitative estimate of drug-likeness (QED) is 0.747. The van der Waals surface area contributed by atoms with E-state index < -0.39 is 0 Å². The van der Waals surface area contributed by atoms with Gasteiger partial charge in [0.05, 0.1) is 20.7 Å². The summed E-state index contributed by atoms with van der Waals surface area (Å²) in [5, 5.41) is 4.29. The maximum absolute atomic E-state index is 6.00. The summed E-state index contributed by atoms with van der Waals surface area (Å²) in [5.41, 5.74) is 1.95. The average Bonchev–Trinajstić information content (AvgIpc) is 2.82. The molecule has 0 radical (unpaired) electrons. The van der Waals surface area contributed by atoms with E-state index in [1.807, 2.05) is 17.5 Å². The molecule has 0 aliphatic heterocycles. The number of rotatable bonds is 5. The van der Waals surface area contributed by atoms with Gasteiger partial charge in [-0.1, -0.05) is 29.3 Å². The van der Waals surface area contributed by atoms with Crippen LogP contribution in [0, 0.1) is 0 Å². The van der Waals surface area contributed by atoms with Crippen LogP contribution in [-0.4, -0.2) is 18.7 Å². The van der Waals surface area contributed by atoms with Crippen molar-refractivity contribution in [1.29, 1.82) is 0 Å². The third-order valence-electron chi connectivity index (χ3n) is 2.51. The highest BCUT2D eigenvalue weighted by Gasteiger charge is 2.06. The Balaban J connectivity index is 2.11. The molecule has 5 heteroatoms. The summed E-state index contributed by atoms with van der Waals surface area (Å²) < 4.78 is 5.03. The molecule has 0 aliphatic carbocycles. The average molecular weight is 302 g/mol. The van der Waals surface area contributed by atoms with Crippen molar-refractivity contribution in [1.82, 2.24) is 4.98 Å². The first-order valence-corrected chi connectivity index (χ1v) is 7.23. The van der Waals surface area contributed by atoms with Crippen LogP contribution >= 0.6 is 34.5 Å². The van der Waals surface area contributed by atoms with Crippen molar-refractivity contribution in [2.75, 3.05) is 13.7 Å². The zero-order valence-electron chi connectivity index (χ0n) is 9.95. The minimum atomic E-state index is 0.558. The lowest BCUT2D eigenvalue weighted by molar-refractivity contribution is 0.195. The molecule has 0 amide bonds. The SMILES string of the molecule is COCCCc1nc(-c2ccc(Cl)c(Cl)c2)cs1. The standard InChI is InChI=1S/C13H13Cl2NOS/c1-17-6-2-3-13-16-12(8-18-13)9-4-5-10(14)11(15)7-9/h4-5,7-8H,2-3,6H2,1H3. The van der Waals surface area contributed by atoms with E-state index in [0.29, 0.717) is 10.0 Å². The maximum Gasteiger partial charge on any atom is 0.0933 e. The first-order valence-electron chi connectivity index (χ1n) is 5.59. The number of hydrogen-bond donors (Lipinski definition) is 0. The van der Waals surface area contributed by atoms with E-state index in [-0.39, 0.29) is 0 Å². The lowest BCUT2D eigenvalue weighted by Gasteiger charge is -1.99. The van der Waals surface area contributed by atoms with E-state index in [0.717, 1.165) is 35.7 Å². The van der Waals surface area contributed by atoms with Crippen LogP contribution in [0.1, 0.15) is 11.4 Å². The van der Waals surface area contributed by atoms with Crippen molar-refractivity contribution >= 4 is 34.5 Å². The number of methoxy groups -OCH3 is 1. The molecule has 0 aliphatic rings. The summed E-state index contributed by atoms with van der Waals surface area (Å²) in [6, 6.07) is 5.57. The minimum absolute atomic E-state index is 0.558. The van der Waals surface area contributed by atoms with Crippen LogP contribution in [-0.2, 0) is 11.2 Å². The van der Waals surface area contributed by atoms with Crippen LogP contribution < -0.4 is 0 Å². The predicted molar refractivity (Wildman–Crippen MR) is 77.8 cm³/mol. The van der Waals surface area contributed by atoms with Gasteiger partial charge in [-0.05, 0) is 18.6 Å². The van der Waals surface area contributed by atoms with Crippen LogP contribution in [0.15, 0.2) is 23.6 Å². The number of aromatic nitrogens is 1. The molecular formula is C13H13Cl2NOS. The molecule has 0 N–H and O–H groups in total. The van der Waals surface area contributed by atoms with Gasteiger partial charge in [-0.25, -0.2) is 4.98 Å². The molecule has 0 saturated carbocycles. The van der Waals surface area contributed by atoms with E-state index in [2.05, 4.69) is 4.98 Å². The molecular weight excluding hydrogens is 289 g/mol. The number of ether oxygens (including phenoxy) is 1. The van der Waals surface area contributed by atoms with Crippen molar-refractivity contribution in [3.05, 3.63) is 38.6 Å². The van der Waals surface area contributed by atoms with Gasteiger partial charge in [-0.2, -0.15) is 0 Å². The van der Waals surface area contributed by atoms with Gasteiger partial charge in [-0.3, -0.25) is 0 Å². The summed E-state index contributed by atoms with van der Waals surface area (Å²) in [4.78, 5) is 4.58. The molecule has 96 valence electrons. The number of nitrogens with zero attached hydrogens (tertiary/aromatic N) is 1. The Labute approximate surface area is 121 Å². The highest BCUT2D eigenvalue weighted by Crippen LogP contribution is 2.29. The topological polar surface area (TPSA) is 22.1 Å². The zero-order chi connectivity index (χ0) is 13.0. The number of aryl methyl sites for hydroxylation is 1. The first-order chi connectivity index (χ1) is 8.70. The maximum atomic E-state index is 6.00. The minimum Gasteiger partial charge on any atom is -0.385 e.